The zero-order valence-electron chi connectivity index (χ0n) is 27.8. The molecule has 0 unspecified atom stereocenters. The van der Waals surface area contributed by atoms with Crippen LogP contribution in [0.2, 0.25) is 31.4 Å². The van der Waals surface area contributed by atoms with Gasteiger partial charge in [0, 0.05) is 0 Å². The fraction of sp³-hybridized carbons (Fsp3) is 0.886. The van der Waals surface area contributed by atoms with Gasteiger partial charge in [-0.25, -0.2) is 0 Å². The van der Waals surface area contributed by atoms with Gasteiger partial charge in [-0.15, -0.1) is 0 Å². The van der Waals surface area contributed by atoms with Crippen molar-refractivity contribution in [1.82, 2.24) is 0 Å². The SMILES string of the molecule is C=CC[C@]1(C)[C@H](O[Si](CC)(CC)CC)CC[C@]2(C)C=C(CO[CH2][Sn]([CH2]CCC)([CH2]CCC)[CH2]CCC)CC[C@@H]12. The molecule has 0 heterocycles. The maximum atomic E-state index is 7.27. The molecule has 0 aromatic rings. The monoisotopic (exact) mass is 668 g/mol. The number of allylic oxidation sites excluding steroid dienone is 2. The molecule has 0 N–H and O–H groups in total. The van der Waals surface area contributed by atoms with Crippen molar-refractivity contribution in [3.8, 4) is 0 Å². The summed E-state index contributed by atoms with van der Waals surface area (Å²) in [5.74, 6) is 0.666. The molecule has 2 rings (SSSR count). The van der Waals surface area contributed by atoms with Gasteiger partial charge in [0.05, 0.1) is 0 Å². The molecule has 4 heteroatoms. The van der Waals surface area contributed by atoms with Crippen LogP contribution in [0.15, 0.2) is 24.3 Å². The van der Waals surface area contributed by atoms with Gasteiger partial charge in [0.2, 0.25) is 0 Å². The third-order valence-corrected chi connectivity index (χ3v) is 30.4. The van der Waals surface area contributed by atoms with Gasteiger partial charge in [0.15, 0.2) is 0 Å². The molecular formula is C35H68O2SiSn. The minimum atomic E-state index is -2.23. The van der Waals surface area contributed by atoms with Crippen molar-refractivity contribution in [3.05, 3.63) is 24.3 Å². The Morgan fingerprint density at radius 2 is 1.49 bits per heavy atom. The van der Waals surface area contributed by atoms with Crippen molar-refractivity contribution in [2.24, 2.45) is 16.7 Å². The third kappa shape index (κ3) is 9.20. The minimum absolute atomic E-state index is 0.182. The van der Waals surface area contributed by atoms with E-state index in [9.17, 15) is 0 Å². The van der Waals surface area contributed by atoms with Crippen molar-refractivity contribution >= 4 is 26.7 Å². The summed E-state index contributed by atoms with van der Waals surface area (Å²) in [5, 5.41) is 0. The van der Waals surface area contributed by atoms with E-state index in [2.05, 4.69) is 74.1 Å². The molecule has 0 aliphatic heterocycles. The second-order valence-corrected chi connectivity index (χ2v) is 32.5. The predicted octanol–water partition coefficient (Wildman–Crippen LogP) is 11.5. The van der Waals surface area contributed by atoms with E-state index in [1.165, 1.54) is 82.3 Å². The van der Waals surface area contributed by atoms with Crippen LogP contribution in [-0.2, 0) is 9.16 Å². The van der Waals surface area contributed by atoms with Gasteiger partial charge in [-0.2, -0.15) is 0 Å². The van der Waals surface area contributed by atoms with Crippen LogP contribution in [-0.4, -0.2) is 44.0 Å². The summed E-state index contributed by atoms with van der Waals surface area (Å²) in [6, 6.07) is 3.72. The first-order valence-corrected chi connectivity index (χ1v) is 27.8. The molecule has 2 aliphatic rings. The Morgan fingerprint density at radius 3 is 1.97 bits per heavy atom. The molecule has 2 nitrogen and oxygen atoms in total. The second kappa shape index (κ2) is 16.9. The molecule has 1 saturated carbocycles. The molecule has 228 valence electrons. The van der Waals surface area contributed by atoms with E-state index in [0.29, 0.717) is 12.0 Å². The molecule has 0 aromatic carbocycles. The summed E-state index contributed by atoms with van der Waals surface area (Å²) in [4.78, 5) is 0. The number of ether oxygens (including phenoxy) is 1. The molecule has 0 bridgehead atoms. The van der Waals surface area contributed by atoms with Gasteiger partial charge < -0.3 is 0 Å². The third-order valence-electron chi connectivity index (χ3n) is 11.3. The van der Waals surface area contributed by atoms with E-state index in [-0.39, 0.29) is 10.8 Å². The van der Waals surface area contributed by atoms with Gasteiger partial charge in [0.1, 0.15) is 0 Å². The number of fused-ring (bicyclic) bond motifs is 1. The molecule has 0 spiro atoms. The number of hydrogen-bond acceptors (Lipinski definition) is 2. The fourth-order valence-corrected chi connectivity index (χ4v) is 25.8. The maximum absolute atomic E-state index is 7.27. The van der Waals surface area contributed by atoms with E-state index in [4.69, 9.17) is 9.16 Å². The standard InChI is InChI=1S/C23H41O2Si.3C4H9.Sn/c1-8-15-23(6)20-13-12-19(18-24-7)17-22(20,5)16-14-21(23)25-26(9-2,10-3)11-4;3*1-3-4-2;/h8,17,20-21H,1,7,9-16,18H2,2-6H3;3*1,3-4H2,2H3;/t20-,21-,22-,23+;;;;/m1..../s1. The fourth-order valence-electron chi connectivity index (χ4n) is 8.46. The van der Waals surface area contributed by atoms with Gasteiger partial charge in [0.25, 0.3) is 0 Å². The Hall–Kier alpha value is 0.416. The first-order valence-electron chi connectivity index (χ1n) is 17.2. The van der Waals surface area contributed by atoms with Crippen molar-refractivity contribution < 1.29 is 9.16 Å². The summed E-state index contributed by atoms with van der Waals surface area (Å²) >= 11 is -2.23. The first-order chi connectivity index (χ1) is 18.7. The molecule has 0 amide bonds. The first kappa shape index (κ1) is 35.6. The second-order valence-electron chi connectivity index (χ2n) is 14.1. The van der Waals surface area contributed by atoms with Crippen LogP contribution < -0.4 is 0 Å². The average Bonchev–Trinajstić information content (AvgIpc) is 2.93. The molecule has 0 aromatic heterocycles. The number of rotatable bonds is 20. The topological polar surface area (TPSA) is 18.5 Å². The van der Waals surface area contributed by atoms with Crippen molar-refractivity contribution in [2.75, 3.05) is 11.2 Å². The summed E-state index contributed by atoms with van der Waals surface area (Å²) in [5.41, 5.74) is 2.04. The Kier molecular flexibility index (Phi) is 15.4. The Labute approximate surface area is 250 Å². The van der Waals surface area contributed by atoms with Crippen LogP contribution in [0.5, 0.6) is 0 Å². The number of hydrogen-bond donors (Lipinski definition) is 0. The summed E-state index contributed by atoms with van der Waals surface area (Å²) in [6.07, 6.45) is 19.6. The van der Waals surface area contributed by atoms with Crippen molar-refractivity contribution in [2.45, 2.75) is 164 Å². The van der Waals surface area contributed by atoms with Gasteiger partial charge >= 0.3 is 231 Å². The quantitative estimate of drug-likeness (QED) is 0.0950. The number of unbranched alkanes of at least 4 members (excludes halogenated alkanes) is 3. The van der Waals surface area contributed by atoms with Crippen LogP contribution in [0.25, 0.3) is 0 Å². The normalized spacial score (nSPS) is 27.7. The molecule has 0 radical (unpaired) electrons. The van der Waals surface area contributed by atoms with Crippen LogP contribution >= 0.6 is 0 Å². The molecule has 39 heavy (non-hydrogen) atoms. The molecular weight excluding hydrogens is 599 g/mol. The predicted molar refractivity (Wildman–Crippen MR) is 179 cm³/mol. The molecule has 4 atom stereocenters. The van der Waals surface area contributed by atoms with Crippen molar-refractivity contribution in [3.63, 3.8) is 0 Å². The summed E-state index contributed by atoms with van der Waals surface area (Å²) < 4.78 is 19.8. The van der Waals surface area contributed by atoms with E-state index in [1.807, 2.05) is 0 Å². The van der Waals surface area contributed by atoms with Crippen LogP contribution in [0.3, 0.4) is 0 Å². The Balaban J connectivity index is 2.18. The Bertz CT molecular complexity index is 717. The van der Waals surface area contributed by atoms with Gasteiger partial charge in [-0.05, 0) is 0 Å². The summed E-state index contributed by atoms with van der Waals surface area (Å²) in [6.45, 7) is 24.5. The van der Waals surface area contributed by atoms with E-state index < -0.39 is 26.7 Å². The van der Waals surface area contributed by atoms with Gasteiger partial charge in [-0.1, -0.05) is 20.8 Å². The Morgan fingerprint density at radius 1 is 0.923 bits per heavy atom. The van der Waals surface area contributed by atoms with Crippen LogP contribution in [0.4, 0.5) is 0 Å². The molecule has 2 aliphatic carbocycles. The summed E-state index contributed by atoms with van der Waals surface area (Å²) in [7, 11) is -1.65. The van der Waals surface area contributed by atoms with E-state index in [0.717, 1.165) is 17.7 Å². The zero-order valence-corrected chi connectivity index (χ0v) is 31.6. The van der Waals surface area contributed by atoms with Gasteiger partial charge in [-0.3, -0.25) is 0 Å². The average molecular weight is 668 g/mol. The van der Waals surface area contributed by atoms with Crippen molar-refractivity contribution in [1.29, 1.82) is 0 Å². The molecule has 0 saturated heterocycles. The van der Waals surface area contributed by atoms with E-state index in [1.54, 1.807) is 18.9 Å². The van der Waals surface area contributed by atoms with E-state index >= 15 is 0 Å². The van der Waals surface area contributed by atoms with Crippen LogP contribution in [0.1, 0.15) is 126 Å². The zero-order chi connectivity index (χ0) is 29.0. The van der Waals surface area contributed by atoms with Crippen LogP contribution in [0, 0.1) is 16.7 Å². The molecule has 1 fully saturated rings.